The molecule has 2 fully saturated rings. The van der Waals surface area contributed by atoms with Crippen LogP contribution < -0.4 is 32.7 Å². The summed E-state index contributed by atoms with van der Waals surface area (Å²) in [6, 6.07) is 19.0. The number of Topliss-reactive ketones (excluding diaryl/α,β-unsaturated/α-hetero) is 1. The van der Waals surface area contributed by atoms with Crippen molar-refractivity contribution >= 4 is 35.6 Å². The standard InChI is InChI=1S/C60H89N5O14.C25H51NO7/c1-5-6-7-8-9-10-11-12-13-14-15-16-22-39(4)52(68)48(37-76-57-55(71)54(70)53(69)50(34-66)79-57)64-59(74)77-35-40-28-30-42(31-29-40)63-56(72)41(23-21-32-62-58(61)73)33-49(67)51(38(2)3)65-60(75)78-36-47-45-26-19-17-24-43(45)44-25-18-20-27-46(44)47;1-3-4-5-6-7-8-9-10-11-12-13-14-15-18(2)21(28)19(26)17-32-25-24(31)23(30)22(29)20(16-27)33-25/h17-20,24-31,38-39,41,47-48,50-55,57,66,68-71H,5-16,21-23,32-37H2,1-4H3,(H,63,72)(H,64,74)(H,65,75)(H3,61,62,73);18-25,27-31H,3-17,26H2,1-2H3/t39-,41-,48+,50?,51+,52-,53+,54+,55?,57+;18-,19+,20?,21-,22+,23+,24?,25+/m11/s1. The summed E-state index contributed by atoms with van der Waals surface area (Å²) in [5, 5.41) is 113. The number of primary amides is 1. The van der Waals surface area contributed by atoms with Crippen molar-refractivity contribution in [2.24, 2.45) is 35.1 Å². The number of carbonyl (C=O) groups excluding carboxylic acids is 5. The van der Waals surface area contributed by atoms with Gasteiger partial charge in [0.25, 0.3) is 0 Å². The number of aliphatic hydroxyl groups is 10. The number of ether oxygens (including phenoxy) is 6. The van der Waals surface area contributed by atoms with Gasteiger partial charge in [-0.1, -0.05) is 256 Å². The lowest BCUT2D eigenvalue weighted by molar-refractivity contribution is -0.303. The van der Waals surface area contributed by atoms with Gasteiger partial charge in [0, 0.05) is 30.5 Å². The normalized spacial score (nSPS) is 22.3. The summed E-state index contributed by atoms with van der Waals surface area (Å²) >= 11 is 0. The summed E-state index contributed by atoms with van der Waals surface area (Å²) < 4.78 is 33.3. The summed E-state index contributed by atoms with van der Waals surface area (Å²) in [6.45, 7) is 10.3. The predicted molar refractivity (Wildman–Crippen MR) is 428 cm³/mol. The number of hydrogen-bond acceptors (Lipinski definition) is 22. The molecule has 27 heteroatoms. The summed E-state index contributed by atoms with van der Waals surface area (Å²) in [5.41, 5.74) is 16.5. The number of carbonyl (C=O) groups is 5. The Morgan fingerprint density at radius 3 is 1.40 bits per heavy atom. The summed E-state index contributed by atoms with van der Waals surface area (Å²) in [5.74, 6) is -2.50. The van der Waals surface area contributed by atoms with E-state index in [1.807, 2.05) is 62.4 Å². The molecular formula is C85H140N6O21. The van der Waals surface area contributed by atoms with E-state index in [-0.39, 0.29) is 75.3 Å². The van der Waals surface area contributed by atoms with Gasteiger partial charge >= 0.3 is 18.2 Å². The number of alkyl carbamates (subject to hydrolysis) is 2. The highest BCUT2D eigenvalue weighted by atomic mass is 16.7. The summed E-state index contributed by atoms with van der Waals surface area (Å²) in [4.78, 5) is 65.9. The molecule has 0 spiro atoms. The molecule has 0 bridgehead atoms. The molecule has 4 unspecified atom stereocenters. The van der Waals surface area contributed by atoms with Crippen molar-refractivity contribution in [3.63, 3.8) is 0 Å². The number of benzene rings is 3. The molecule has 27 nitrogen and oxygen atoms in total. The molecule has 18 N–H and O–H groups in total. The number of urea groups is 1. The monoisotopic (exact) mass is 1580 g/mol. The van der Waals surface area contributed by atoms with E-state index >= 15 is 0 Å². The molecule has 2 heterocycles. The van der Waals surface area contributed by atoms with Gasteiger partial charge in [-0.2, -0.15) is 0 Å². The number of unbranched alkanes of at least 4 members (excludes halogenated alkanes) is 22. The zero-order valence-electron chi connectivity index (χ0n) is 67.5. The molecule has 3 aliphatic rings. The third-order valence-electron chi connectivity index (χ3n) is 22.0. The summed E-state index contributed by atoms with van der Waals surface area (Å²) in [7, 11) is 0. The minimum atomic E-state index is -1.68. The first-order valence-electron chi connectivity index (χ1n) is 41.8. The van der Waals surface area contributed by atoms with E-state index in [4.69, 9.17) is 39.9 Å². The van der Waals surface area contributed by atoms with Crippen LogP contribution in [-0.2, 0) is 44.6 Å². The second-order valence-electron chi connectivity index (χ2n) is 31.5. The van der Waals surface area contributed by atoms with E-state index in [0.29, 0.717) is 24.1 Å². The largest absolute Gasteiger partial charge is 0.449 e. The van der Waals surface area contributed by atoms with Gasteiger partial charge in [0.05, 0.1) is 56.8 Å². The fourth-order valence-electron chi connectivity index (χ4n) is 14.8. The van der Waals surface area contributed by atoms with Crippen LogP contribution in [0.4, 0.5) is 20.1 Å². The Balaban J connectivity index is 0.000000567. The number of amides is 5. The van der Waals surface area contributed by atoms with Crippen LogP contribution in [0.25, 0.3) is 11.1 Å². The fraction of sp³-hybridized carbons (Fsp3) is 0.729. The Labute approximate surface area is 664 Å². The molecule has 3 aromatic rings. The average molecular weight is 1580 g/mol. The van der Waals surface area contributed by atoms with Crippen LogP contribution in [0.3, 0.4) is 0 Å². The second kappa shape index (κ2) is 54.0. The highest BCUT2D eigenvalue weighted by molar-refractivity contribution is 5.97. The van der Waals surface area contributed by atoms with Crippen molar-refractivity contribution in [3.8, 4) is 11.1 Å². The van der Waals surface area contributed by atoms with E-state index in [1.54, 1.807) is 38.1 Å². The first-order valence-corrected chi connectivity index (χ1v) is 41.8. The van der Waals surface area contributed by atoms with Crippen molar-refractivity contribution in [2.75, 3.05) is 44.9 Å². The van der Waals surface area contributed by atoms with Crippen molar-refractivity contribution < 1.29 is 103 Å². The highest BCUT2D eigenvalue weighted by Crippen LogP contribution is 2.45. The van der Waals surface area contributed by atoms with Crippen LogP contribution in [0.5, 0.6) is 0 Å². The van der Waals surface area contributed by atoms with E-state index in [1.165, 1.54) is 116 Å². The smallest absolute Gasteiger partial charge is 0.407 e. The lowest BCUT2D eigenvalue weighted by atomic mass is 9.89. The molecule has 18 atom stereocenters. The second-order valence-corrected chi connectivity index (χ2v) is 31.5. The van der Waals surface area contributed by atoms with Gasteiger partial charge in [0.2, 0.25) is 5.91 Å². The number of aliphatic hydroxyl groups excluding tert-OH is 10. The number of rotatable bonds is 54. The van der Waals surface area contributed by atoms with Crippen LogP contribution in [0.15, 0.2) is 72.8 Å². The minimum Gasteiger partial charge on any atom is -0.449 e. The van der Waals surface area contributed by atoms with Gasteiger partial charge in [-0.3, -0.25) is 9.59 Å². The van der Waals surface area contributed by atoms with Crippen LogP contribution >= 0.6 is 0 Å². The zero-order valence-corrected chi connectivity index (χ0v) is 67.5. The lowest BCUT2D eigenvalue weighted by Crippen LogP contribution is -2.60. The first-order chi connectivity index (χ1) is 53.8. The molecule has 0 radical (unpaired) electrons. The molecular weight excluding hydrogens is 1440 g/mol. The molecule has 1 aliphatic carbocycles. The SMILES string of the molecule is CCCCCCCCCCCCCC[C@@H](C)[C@@H](O)[C@@H](N)CO[C@H]1OC(CO)[C@H](O)[C@H](O)C1O.CCCCCCCCCCCCCC[C@@H](C)[C@@H](O)[C@H](CO[C@H]1OC(CO)[C@H](O)[C@H](O)C1O)NC(=O)OCc1ccc(NC(=O)[C@H](CCCNC(N)=O)CC(=O)[C@@H](NC(=O)OCC2c3ccccc3-c3ccccc32)C(C)C)cc1. The zero-order chi connectivity index (χ0) is 81.9. The maximum atomic E-state index is 14.0. The van der Waals surface area contributed by atoms with Gasteiger partial charge in [0.15, 0.2) is 18.4 Å². The van der Waals surface area contributed by atoms with E-state index in [2.05, 4.69) is 35.1 Å². The van der Waals surface area contributed by atoms with Crippen LogP contribution in [0.1, 0.15) is 250 Å². The van der Waals surface area contributed by atoms with Gasteiger partial charge in [-0.25, -0.2) is 14.4 Å². The average Bonchev–Trinajstić information content (AvgIpc) is 1.61. The van der Waals surface area contributed by atoms with Crippen molar-refractivity contribution in [1.29, 1.82) is 0 Å². The van der Waals surface area contributed by atoms with Crippen molar-refractivity contribution in [1.82, 2.24) is 16.0 Å². The van der Waals surface area contributed by atoms with Gasteiger partial charge in [0.1, 0.15) is 62.0 Å². The molecule has 0 aromatic heterocycles. The molecule has 2 aliphatic heterocycles. The predicted octanol–water partition coefficient (Wildman–Crippen LogP) is 9.93. The van der Waals surface area contributed by atoms with Crippen molar-refractivity contribution in [2.45, 2.75) is 332 Å². The molecule has 2 saturated heterocycles. The third kappa shape index (κ3) is 33.7. The molecule has 0 saturated carbocycles. The van der Waals surface area contributed by atoms with E-state index in [9.17, 15) is 75.0 Å². The maximum absolute atomic E-state index is 14.0. The number of fused-ring (bicyclic) bond motifs is 3. The van der Waals surface area contributed by atoms with Gasteiger partial charge in [-0.15, -0.1) is 0 Å². The maximum Gasteiger partial charge on any atom is 0.407 e. The fourth-order valence-corrected chi connectivity index (χ4v) is 14.8. The molecule has 5 amide bonds. The highest BCUT2D eigenvalue weighted by Gasteiger charge is 2.46. The quantitative estimate of drug-likeness (QED) is 0.0234. The van der Waals surface area contributed by atoms with Crippen molar-refractivity contribution in [3.05, 3.63) is 89.5 Å². The first kappa shape index (κ1) is 96.6. The van der Waals surface area contributed by atoms with E-state index in [0.717, 1.165) is 67.2 Å². The molecule has 636 valence electrons. The summed E-state index contributed by atoms with van der Waals surface area (Å²) in [6.07, 6.45) is 13.8. The third-order valence-corrected chi connectivity index (χ3v) is 22.0. The van der Waals surface area contributed by atoms with Gasteiger partial charge in [-0.05, 0) is 83.4 Å². The number of nitrogens with one attached hydrogen (secondary N) is 4. The van der Waals surface area contributed by atoms with Gasteiger partial charge < -0.3 is 112 Å². The number of hydrogen-bond donors (Lipinski definition) is 16. The Kier molecular flexibility index (Phi) is 46.6. The van der Waals surface area contributed by atoms with Crippen LogP contribution in [-0.4, -0.2) is 212 Å². The topological polar surface area (TPSA) is 443 Å². The number of ketones is 1. The number of nitrogens with two attached hydrogens (primary N) is 2. The Morgan fingerprint density at radius 2 is 0.946 bits per heavy atom. The Morgan fingerprint density at radius 1 is 0.509 bits per heavy atom. The van der Waals surface area contributed by atoms with E-state index < -0.39 is 135 Å². The molecule has 6 rings (SSSR count). The molecule has 3 aromatic carbocycles. The minimum absolute atomic E-state index is 0.0153. The Bertz CT molecular complexity index is 3050. The molecule has 112 heavy (non-hydrogen) atoms. The lowest BCUT2D eigenvalue weighted by Gasteiger charge is -2.40. The van der Waals surface area contributed by atoms with Crippen LogP contribution in [0, 0.1) is 23.7 Å². The Hall–Kier alpha value is -5.99. The number of anilines is 1. The van der Waals surface area contributed by atoms with Crippen LogP contribution in [0.2, 0.25) is 0 Å².